The lowest BCUT2D eigenvalue weighted by Gasteiger charge is -2.33. The summed E-state index contributed by atoms with van der Waals surface area (Å²) in [4.78, 5) is 11.9. The number of benzene rings is 1. The Morgan fingerprint density at radius 3 is 2.67 bits per heavy atom. The molecule has 1 spiro atoms. The SMILES string of the molecule is O=C1OC2(CCNCC2)c2cc(B(O)O)ccc21. The maximum atomic E-state index is 11.9. The number of esters is 1. The fourth-order valence-corrected chi connectivity index (χ4v) is 2.77. The number of piperidine rings is 1. The second-order valence-corrected chi connectivity index (χ2v) is 4.81. The lowest BCUT2D eigenvalue weighted by molar-refractivity contribution is -0.0241. The summed E-state index contributed by atoms with van der Waals surface area (Å²) in [6.45, 7) is 1.58. The van der Waals surface area contributed by atoms with Gasteiger partial charge in [0.05, 0.1) is 5.56 Å². The Morgan fingerprint density at radius 2 is 2.00 bits per heavy atom. The number of carbonyl (C=O) groups excluding carboxylic acids is 1. The van der Waals surface area contributed by atoms with Crippen molar-refractivity contribution >= 4 is 18.6 Å². The molecule has 1 aromatic carbocycles. The van der Waals surface area contributed by atoms with E-state index in [9.17, 15) is 14.8 Å². The monoisotopic (exact) mass is 247 g/mol. The molecule has 0 aromatic heterocycles. The van der Waals surface area contributed by atoms with Crippen molar-refractivity contribution in [1.29, 1.82) is 0 Å². The molecule has 1 fully saturated rings. The molecule has 3 rings (SSSR count). The molecule has 18 heavy (non-hydrogen) atoms. The molecule has 5 nitrogen and oxygen atoms in total. The summed E-state index contributed by atoms with van der Waals surface area (Å²) in [5.41, 5.74) is 1.15. The van der Waals surface area contributed by atoms with Crippen LogP contribution in [0.25, 0.3) is 0 Å². The fourth-order valence-electron chi connectivity index (χ4n) is 2.77. The highest BCUT2D eigenvalue weighted by Gasteiger charge is 2.46. The quantitative estimate of drug-likeness (QED) is 0.443. The molecule has 2 heterocycles. The first-order chi connectivity index (χ1) is 8.62. The third kappa shape index (κ3) is 1.65. The molecule has 0 aliphatic carbocycles. The van der Waals surface area contributed by atoms with Crippen LogP contribution in [0.1, 0.15) is 28.8 Å². The summed E-state index contributed by atoms with van der Waals surface area (Å²) in [7, 11) is -1.52. The van der Waals surface area contributed by atoms with Gasteiger partial charge in [0.15, 0.2) is 0 Å². The highest BCUT2D eigenvalue weighted by Crippen LogP contribution is 2.42. The average Bonchev–Trinajstić information content (AvgIpc) is 2.63. The van der Waals surface area contributed by atoms with E-state index in [-0.39, 0.29) is 5.97 Å². The molecule has 94 valence electrons. The lowest BCUT2D eigenvalue weighted by Crippen LogP contribution is -2.40. The van der Waals surface area contributed by atoms with Crippen LogP contribution < -0.4 is 10.8 Å². The van der Waals surface area contributed by atoms with Crippen molar-refractivity contribution in [2.75, 3.05) is 13.1 Å². The van der Waals surface area contributed by atoms with Crippen molar-refractivity contribution in [2.45, 2.75) is 18.4 Å². The van der Waals surface area contributed by atoms with Gasteiger partial charge < -0.3 is 20.1 Å². The van der Waals surface area contributed by atoms with Crippen LogP contribution in [0, 0.1) is 0 Å². The first-order valence-electron chi connectivity index (χ1n) is 6.07. The summed E-state index contributed by atoms with van der Waals surface area (Å²) < 4.78 is 5.55. The zero-order chi connectivity index (χ0) is 12.8. The van der Waals surface area contributed by atoms with E-state index in [1.165, 1.54) is 0 Å². The second kappa shape index (κ2) is 4.08. The van der Waals surface area contributed by atoms with Gasteiger partial charge in [-0.3, -0.25) is 0 Å². The zero-order valence-electron chi connectivity index (χ0n) is 9.85. The van der Waals surface area contributed by atoms with Crippen molar-refractivity contribution < 1.29 is 19.6 Å². The minimum absolute atomic E-state index is 0.314. The molecule has 0 bridgehead atoms. The highest BCUT2D eigenvalue weighted by atomic mass is 16.6. The lowest BCUT2D eigenvalue weighted by atomic mass is 9.75. The van der Waals surface area contributed by atoms with Crippen molar-refractivity contribution in [1.82, 2.24) is 5.32 Å². The standard InChI is InChI=1S/C12H14BNO4/c15-11-9-2-1-8(13(16)17)7-10(9)12(18-11)3-5-14-6-4-12/h1-2,7,14,16-17H,3-6H2. The molecule has 0 saturated carbocycles. The summed E-state index contributed by atoms with van der Waals surface area (Å²) >= 11 is 0. The molecular weight excluding hydrogens is 233 g/mol. The molecular formula is C12H14BNO4. The number of rotatable bonds is 1. The molecule has 6 heteroatoms. The number of nitrogens with one attached hydrogen (secondary N) is 1. The van der Waals surface area contributed by atoms with Crippen molar-refractivity contribution in [3.63, 3.8) is 0 Å². The fraction of sp³-hybridized carbons (Fsp3) is 0.417. The Bertz CT molecular complexity index is 497. The van der Waals surface area contributed by atoms with E-state index in [2.05, 4.69) is 5.32 Å². The van der Waals surface area contributed by atoms with E-state index in [0.717, 1.165) is 31.5 Å². The molecule has 0 atom stereocenters. The predicted octanol–water partition coefficient (Wildman–Crippen LogP) is -0.884. The van der Waals surface area contributed by atoms with Gasteiger partial charge >= 0.3 is 13.1 Å². The van der Waals surface area contributed by atoms with Crippen LogP contribution >= 0.6 is 0 Å². The molecule has 2 aliphatic heterocycles. The third-order valence-electron chi connectivity index (χ3n) is 3.75. The topological polar surface area (TPSA) is 78.8 Å². The smallest absolute Gasteiger partial charge is 0.450 e. The normalized spacial score (nSPS) is 20.7. The van der Waals surface area contributed by atoms with Gasteiger partial charge in [0, 0.05) is 18.4 Å². The van der Waals surface area contributed by atoms with Crippen molar-refractivity contribution in [3.8, 4) is 0 Å². The third-order valence-corrected chi connectivity index (χ3v) is 3.75. The van der Waals surface area contributed by atoms with Gasteiger partial charge in [-0.25, -0.2) is 4.79 Å². The average molecular weight is 247 g/mol. The number of ether oxygens (including phenoxy) is 1. The zero-order valence-corrected chi connectivity index (χ0v) is 9.85. The number of hydrogen-bond donors (Lipinski definition) is 3. The molecule has 3 N–H and O–H groups in total. The maximum Gasteiger partial charge on any atom is 0.488 e. The minimum Gasteiger partial charge on any atom is -0.450 e. The number of fused-ring (bicyclic) bond motifs is 2. The first-order valence-corrected chi connectivity index (χ1v) is 6.07. The van der Waals surface area contributed by atoms with E-state index in [1.807, 2.05) is 0 Å². The van der Waals surface area contributed by atoms with Crippen molar-refractivity contribution in [2.24, 2.45) is 0 Å². The van der Waals surface area contributed by atoms with Crippen LogP contribution in [0.3, 0.4) is 0 Å². The van der Waals surface area contributed by atoms with Gasteiger partial charge in [-0.2, -0.15) is 0 Å². The number of carbonyl (C=O) groups is 1. The van der Waals surface area contributed by atoms with Crippen LogP contribution in [-0.2, 0) is 10.3 Å². The Labute approximate surface area is 105 Å². The maximum absolute atomic E-state index is 11.9. The molecule has 0 radical (unpaired) electrons. The van der Waals surface area contributed by atoms with E-state index < -0.39 is 12.7 Å². The molecule has 1 saturated heterocycles. The number of hydrogen-bond acceptors (Lipinski definition) is 5. The Balaban J connectivity index is 2.09. The predicted molar refractivity (Wildman–Crippen MR) is 65.5 cm³/mol. The largest absolute Gasteiger partial charge is 0.488 e. The summed E-state index contributed by atoms with van der Waals surface area (Å²) in [5, 5.41) is 21.7. The van der Waals surface area contributed by atoms with Crippen LogP contribution in [-0.4, -0.2) is 36.2 Å². The van der Waals surface area contributed by atoms with Gasteiger partial charge in [0.1, 0.15) is 5.60 Å². The molecule has 1 aromatic rings. The van der Waals surface area contributed by atoms with Gasteiger partial charge in [0.25, 0.3) is 0 Å². The van der Waals surface area contributed by atoms with Crippen molar-refractivity contribution in [3.05, 3.63) is 29.3 Å². The summed E-state index contributed by atoms with van der Waals surface area (Å²) in [6.07, 6.45) is 1.44. The van der Waals surface area contributed by atoms with E-state index in [0.29, 0.717) is 11.0 Å². The van der Waals surface area contributed by atoms with Gasteiger partial charge in [0.2, 0.25) is 0 Å². The van der Waals surface area contributed by atoms with Gasteiger partial charge in [-0.1, -0.05) is 12.1 Å². The molecule has 2 aliphatic rings. The van der Waals surface area contributed by atoms with Crippen LogP contribution in [0.15, 0.2) is 18.2 Å². The van der Waals surface area contributed by atoms with E-state index in [1.54, 1.807) is 18.2 Å². The van der Waals surface area contributed by atoms with Crippen LogP contribution in [0.2, 0.25) is 0 Å². The van der Waals surface area contributed by atoms with E-state index >= 15 is 0 Å². The Morgan fingerprint density at radius 1 is 1.28 bits per heavy atom. The summed E-state index contributed by atoms with van der Waals surface area (Å²) in [5.74, 6) is -0.314. The van der Waals surface area contributed by atoms with Gasteiger partial charge in [-0.05, 0) is 24.6 Å². The van der Waals surface area contributed by atoms with Crippen LogP contribution in [0.5, 0.6) is 0 Å². The summed E-state index contributed by atoms with van der Waals surface area (Å²) in [6, 6.07) is 4.84. The molecule has 0 amide bonds. The Kier molecular flexibility index (Phi) is 2.66. The second-order valence-electron chi connectivity index (χ2n) is 4.81. The van der Waals surface area contributed by atoms with Gasteiger partial charge in [-0.15, -0.1) is 0 Å². The Hall–Kier alpha value is -1.37. The van der Waals surface area contributed by atoms with Crippen LogP contribution in [0.4, 0.5) is 0 Å². The highest BCUT2D eigenvalue weighted by molar-refractivity contribution is 6.58. The van der Waals surface area contributed by atoms with E-state index in [4.69, 9.17) is 4.74 Å². The first kappa shape index (κ1) is 11.7. The minimum atomic E-state index is -1.52. The molecule has 0 unspecified atom stereocenters.